The van der Waals surface area contributed by atoms with Gasteiger partial charge in [-0.25, -0.2) is 4.39 Å². The van der Waals surface area contributed by atoms with Crippen LogP contribution in [0.25, 0.3) is 0 Å². The largest absolute Gasteiger partial charge is 0.455 e. The van der Waals surface area contributed by atoms with E-state index in [9.17, 15) is 14.0 Å². The summed E-state index contributed by atoms with van der Waals surface area (Å²) in [6.45, 7) is 1.68. The van der Waals surface area contributed by atoms with E-state index in [1.807, 2.05) is 24.4 Å². The summed E-state index contributed by atoms with van der Waals surface area (Å²) in [5, 5.41) is 4.76. The molecular weight excluding hydrogens is 329 g/mol. The predicted molar refractivity (Wildman–Crippen MR) is 88.9 cm³/mol. The molecule has 1 aliphatic rings. The lowest BCUT2D eigenvalue weighted by molar-refractivity contribution is -0.150. The highest BCUT2D eigenvalue weighted by Crippen LogP contribution is 2.38. The van der Waals surface area contributed by atoms with E-state index >= 15 is 0 Å². The first kappa shape index (κ1) is 16.6. The molecular formula is C18H18FNO3S. The van der Waals surface area contributed by atoms with Gasteiger partial charge in [0, 0.05) is 4.88 Å². The molecule has 0 saturated heterocycles. The molecule has 0 aliphatic heterocycles. The van der Waals surface area contributed by atoms with E-state index in [4.69, 9.17) is 4.74 Å². The van der Waals surface area contributed by atoms with Gasteiger partial charge in [-0.1, -0.05) is 25.1 Å². The third-order valence-electron chi connectivity index (χ3n) is 4.09. The molecule has 0 unspecified atom stereocenters. The fraction of sp³-hybridized carbons (Fsp3) is 0.333. The number of halogens is 1. The SMILES string of the molecule is C[C@@H]1C[C@H]1C(=O)OCC(=O)N[C@@H](c1ccc(F)cc1)c1cccs1. The Morgan fingerprint density at radius 3 is 2.62 bits per heavy atom. The summed E-state index contributed by atoms with van der Waals surface area (Å²) in [6, 6.07) is 9.38. The van der Waals surface area contributed by atoms with Crippen LogP contribution < -0.4 is 5.32 Å². The van der Waals surface area contributed by atoms with E-state index in [0.717, 1.165) is 16.9 Å². The van der Waals surface area contributed by atoms with Crippen LogP contribution in [0.1, 0.15) is 29.8 Å². The van der Waals surface area contributed by atoms with E-state index in [-0.39, 0.29) is 30.2 Å². The Kier molecular flexibility index (Phi) is 4.94. The first-order valence-corrected chi connectivity index (χ1v) is 8.67. The number of carbonyl (C=O) groups is 2. The lowest BCUT2D eigenvalue weighted by Gasteiger charge is -2.18. The molecule has 0 bridgehead atoms. The zero-order valence-electron chi connectivity index (χ0n) is 13.2. The number of hydrogen-bond acceptors (Lipinski definition) is 4. The second kappa shape index (κ2) is 7.13. The topological polar surface area (TPSA) is 55.4 Å². The van der Waals surface area contributed by atoms with E-state index in [1.54, 1.807) is 12.1 Å². The summed E-state index contributed by atoms with van der Waals surface area (Å²) in [6.07, 6.45) is 0.827. The van der Waals surface area contributed by atoms with Crippen LogP contribution in [0.2, 0.25) is 0 Å². The minimum absolute atomic E-state index is 0.0667. The molecule has 3 rings (SSSR count). The van der Waals surface area contributed by atoms with Crippen molar-refractivity contribution in [3.8, 4) is 0 Å². The molecule has 0 spiro atoms. The third-order valence-corrected chi connectivity index (χ3v) is 5.03. The fourth-order valence-corrected chi connectivity index (χ4v) is 3.33. The van der Waals surface area contributed by atoms with Crippen LogP contribution in [-0.4, -0.2) is 18.5 Å². The molecule has 6 heteroatoms. The summed E-state index contributed by atoms with van der Waals surface area (Å²) >= 11 is 1.50. The Morgan fingerprint density at radius 1 is 1.33 bits per heavy atom. The number of amides is 1. The molecule has 1 N–H and O–H groups in total. The van der Waals surface area contributed by atoms with Gasteiger partial charge in [0.05, 0.1) is 12.0 Å². The number of hydrogen-bond donors (Lipinski definition) is 1. The Bertz CT molecular complexity index is 714. The molecule has 1 aromatic carbocycles. The molecule has 4 nitrogen and oxygen atoms in total. The second-order valence-electron chi connectivity index (χ2n) is 5.99. The first-order valence-electron chi connectivity index (χ1n) is 7.79. The minimum Gasteiger partial charge on any atom is -0.455 e. The van der Waals surface area contributed by atoms with Gasteiger partial charge >= 0.3 is 5.97 Å². The molecule has 1 aromatic heterocycles. The van der Waals surface area contributed by atoms with E-state index in [2.05, 4.69) is 5.32 Å². The summed E-state index contributed by atoms with van der Waals surface area (Å²) in [5.74, 6) is -0.740. The lowest BCUT2D eigenvalue weighted by atomic mass is 10.1. The van der Waals surface area contributed by atoms with Crippen molar-refractivity contribution in [2.75, 3.05) is 6.61 Å². The number of ether oxygens (including phenoxy) is 1. The number of esters is 1. The number of benzene rings is 1. The van der Waals surface area contributed by atoms with Crippen LogP contribution in [0, 0.1) is 17.7 Å². The monoisotopic (exact) mass is 347 g/mol. The Labute approximate surface area is 143 Å². The van der Waals surface area contributed by atoms with Gasteiger partial charge in [-0.2, -0.15) is 0 Å². The van der Waals surface area contributed by atoms with Crippen LogP contribution in [0.3, 0.4) is 0 Å². The summed E-state index contributed by atoms with van der Waals surface area (Å²) in [4.78, 5) is 24.8. The van der Waals surface area contributed by atoms with Gasteiger partial charge in [0.1, 0.15) is 5.82 Å². The predicted octanol–water partition coefficient (Wildman–Crippen LogP) is 3.29. The molecule has 24 heavy (non-hydrogen) atoms. The minimum atomic E-state index is -0.392. The lowest BCUT2D eigenvalue weighted by Crippen LogP contribution is -2.33. The Balaban J connectivity index is 1.64. The van der Waals surface area contributed by atoms with Crippen molar-refractivity contribution >= 4 is 23.2 Å². The molecule has 126 valence electrons. The maximum atomic E-state index is 13.1. The van der Waals surface area contributed by atoms with Crippen molar-refractivity contribution in [2.24, 2.45) is 11.8 Å². The molecule has 0 radical (unpaired) electrons. The fourth-order valence-electron chi connectivity index (χ4n) is 2.53. The zero-order chi connectivity index (χ0) is 17.1. The van der Waals surface area contributed by atoms with Crippen LogP contribution >= 0.6 is 11.3 Å². The van der Waals surface area contributed by atoms with Crippen molar-refractivity contribution in [3.05, 3.63) is 58.0 Å². The van der Waals surface area contributed by atoms with Gasteiger partial charge in [0.15, 0.2) is 6.61 Å². The highest BCUT2D eigenvalue weighted by molar-refractivity contribution is 7.10. The van der Waals surface area contributed by atoms with Gasteiger partial charge < -0.3 is 10.1 Å². The van der Waals surface area contributed by atoms with Gasteiger partial charge in [-0.3, -0.25) is 9.59 Å². The molecule has 1 aliphatic carbocycles. The Hall–Kier alpha value is -2.21. The maximum absolute atomic E-state index is 13.1. The smallest absolute Gasteiger partial charge is 0.309 e. The van der Waals surface area contributed by atoms with Gasteiger partial charge in [0.25, 0.3) is 5.91 Å². The van der Waals surface area contributed by atoms with E-state index < -0.39 is 6.04 Å². The van der Waals surface area contributed by atoms with Gasteiger partial charge in [0.2, 0.25) is 0 Å². The van der Waals surface area contributed by atoms with Crippen molar-refractivity contribution in [3.63, 3.8) is 0 Å². The number of nitrogens with one attached hydrogen (secondary N) is 1. The summed E-state index contributed by atoms with van der Waals surface area (Å²) in [7, 11) is 0. The van der Waals surface area contributed by atoms with Crippen molar-refractivity contribution in [1.82, 2.24) is 5.32 Å². The molecule has 1 fully saturated rings. The van der Waals surface area contributed by atoms with Crippen molar-refractivity contribution in [1.29, 1.82) is 0 Å². The van der Waals surface area contributed by atoms with Crippen LogP contribution in [0.5, 0.6) is 0 Å². The van der Waals surface area contributed by atoms with Gasteiger partial charge in [-0.15, -0.1) is 11.3 Å². The van der Waals surface area contributed by atoms with E-state index in [0.29, 0.717) is 5.92 Å². The molecule has 2 aromatic rings. The third kappa shape index (κ3) is 4.00. The summed E-state index contributed by atoms with van der Waals surface area (Å²) in [5.41, 5.74) is 0.773. The average molecular weight is 347 g/mol. The molecule has 3 atom stereocenters. The first-order chi connectivity index (χ1) is 11.5. The average Bonchev–Trinajstić information content (AvgIpc) is 3.08. The molecule has 1 amide bonds. The summed E-state index contributed by atoms with van der Waals surface area (Å²) < 4.78 is 18.2. The zero-order valence-corrected chi connectivity index (χ0v) is 14.0. The molecule has 1 heterocycles. The van der Waals surface area contributed by atoms with Gasteiger partial charge in [-0.05, 0) is 41.5 Å². The molecule has 1 saturated carbocycles. The standard InChI is InChI=1S/C18H18FNO3S/c1-11-9-14(11)18(22)23-10-16(21)20-17(15-3-2-8-24-15)12-4-6-13(19)7-5-12/h2-8,11,14,17H,9-10H2,1H3,(H,20,21)/t11-,14-,17+/m1/s1. The van der Waals surface area contributed by atoms with Crippen LogP contribution in [0.15, 0.2) is 41.8 Å². The highest BCUT2D eigenvalue weighted by atomic mass is 32.1. The normalized spacial score (nSPS) is 20.2. The number of carbonyl (C=O) groups excluding carboxylic acids is 2. The van der Waals surface area contributed by atoms with Crippen molar-refractivity contribution in [2.45, 2.75) is 19.4 Å². The van der Waals surface area contributed by atoms with E-state index in [1.165, 1.54) is 23.5 Å². The maximum Gasteiger partial charge on any atom is 0.309 e. The second-order valence-corrected chi connectivity index (χ2v) is 6.97. The highest BCUT2D eigenvalue weighted by Gasteiger charge is 2.40. The quantitative estimate of drug-likeness (QED) is 0.816. The van der Waals surface area contributed by atoms with Crippen LogP contribution in [0.4, 0.5) is 4.39 Å². The van der Waals surface area contributed by atoms with Crippen LogP contribution in [-0.2, 0) is 14.3 Å². The number of rotatable bonds is 6. The Morgan fingerprint density at radius 2 is 2.04 bits per heavy atom. The number of thiophene rings is 1. The van der Waals surface area contributed by atoms with Crippen molar-refractivity contribution < 1.29 is 18.7 Å².